The summed E-state index contributed by atoms with van der Waals surface area (Å²) >= 11 is 1.46. The fourth-order valence-corrected chi connectivity index (χ4v) is 3.09. The van der Waals surface area contributed by atoms with Gasteiger partial charge in [0, 0.05) is 16.4 Å². The van der Waals surface area contributed by atoms with Crippen molar-refractivity contribution in [3.63, 3.8) is 0 Å². The predicted octanol–water partition coefficient (Wildman–Crippen LogP) is 4.03. The number of hydrogen-bond acceptors (Lipinski definition) is 3. The maximum Gasteiger partial charge on any atom is 0.164 e. The molecule has 1 unspecified atom stereocenters. The van der Waals surface area contributed by atoms with Crippen LogP contribution < -0.4 is 5.32 Å². The van der Waals surface area contributed by atoms with E-state index in [0.717, 1.165) is 16.8 Å². The van der Waals surface area contributed by atoms with Crippen molar-refractivity contribution in [1.82, 2.24) is 10.3 Å². The molecule has 1 aromatic carbocycles. The third-order valence-electron chi connectivity index (χ3n) is 3.12. The van der Waals surface area contributed by atoms with Gasteiger partial charge in [0.2, 0.25) is 0 Å². The van der Waals surface area contributed by atoms with Gasteiger partial charge in [0.05, 0.1) is 11.7 Å². The number of rotatable bonds is 3. The molecular weight excluding hydrogens is 278 g/mol. The van der Waals surface area contributed by atoms with Gasteiger partial charge in [0.25, 0.3) is 0 Å². The van der Waals surface area contributed by atoms with Crippen LogP contribution in [0, 0.1) is 11.6 Å². The van der Waals surface area contributed by atoms with Crippen LogP contribution in [-0.4, -0.2) is 12.0 Å². The van der Waals surface area contributed by atoms with Gasteiger partial charge in [0.1, 0.15) is 5.01 Å². The highest BCUT2D eigenvalue weighted by Gasteiger charge is 2.24. The average molecular weight is 296 g/mol. The van der Waals surface area contributed by atoms with Gasteiger partial charge in [-0.1, -0.05) is 32.9 Å². The van der Waals surface area contributed by atoms with Gasteiger partial charge in [0.15, 0.2) is 11.6 Å². The minimum atomic E-state index is -0.838. The second kappa shape index (κ2) is 5.58. The van der Waals surface area contributed by atoms with E-state index >= 15 is 0 Å². The molecule has 0 aliphatic carbocycles. The molecule has 0 radical (unpaired) electrons. The number of nitrogens with zero attached hydrogens (tertiary/aromatic N) is 1. The van der Waals surface area contributed by atoms with Crippen LogP contribution in [0.25, 0.3) is 0 Å². The first kappa shape index (κ1) is 15.1. The van der Waals surface area contributed by atoms with Gasteiger partial charge in [-0.05, 0) is 13.1 Å². The lowest BCUT2D eigenvalue weighted by atomic mass is 9.93. The Bertz CT molecular complexity index is 602. The minimum Gasteiger partial charge on any atom is -0.307 e. The van der Waals surface area contributed by atoms with E-state index in [1.807, 2.05) is 5.38 Å². The van der Waals surface area contributed by atoms with Crippen molar-refractivity contribution in [1.29, 1.82) is 0 Å². The first-order valence-corrected chi connectivity index (χ1v) is 7.29. The Morgan fingerprint density at radius 3 is 2.50 bits per heavy atom. The number of hydrogen-bond donors (Lipinski definition) is 1. The summed E-state index contributed by atoms with van der Waals surface area (Å²) in [5, 5.41) is 5.72. The van der Waals surface area contributed by atoms with Gasteiger partial charge < -0.3 is 5.32 Å². The van der Waals surface area contributed by atoms with Gasteiger partial charge in [-0.2, -0.15) is 0 Å². The maximum atomic E-state index is 13.9. The van der Waals surface area contributed by atoms with Crippen LogP contribution in [0.4, 0.5) is 8.78 Å². The molecule has 2 aromatic rings. The van der Waals surface area contributed by atoms with E-state index in [0.29, 0.717) is 0 Å². The van der Waals surface area contributed by atoms with Gasteiger partial charge in [-0.3, -0.25) is 0 Å². The zero-order valence-electron chi connectivity index (χ0n) is 12.0. The standard InChI is InChI=1S/C15H18F2N2S/c1-15(2,3)11-8-20-14(19-11)13(18-4)9-6-5-7-10(16)12(9)17/h5-8,13,18H,1-4H3. The Hall–Kier alpha value is -1.33. The van der Waals surface area contributed by atoms with Crippen LogP contribution >= 0.6 is 11.3 Å². The number of halogens is 2. The summed E-state index contributed by atoms with van der Waals surface area (Å²) in [6.45, 7) is 6.22. The zero-order chi connectivity index (χ0) is 14.9. The van der Waals surface area contributed by atoms with E-state index in [1.54, 1.807) is 13.1 Å². The zero-order valence-corrected chi connectivity index (χ0v) is 12.8. The van der Waals surface area contributed by atoms with Crippen LogP contribution in [0.5, 0.6) is 0 Å². The van der Waals surface area contributed by atoms with Crippen LogP contribution in [0.15, 0.2) is 23.6 Å². The molecule has 0 saturated carbocycles. The molecule has 0 fully saturated rings. The summed E-state index contributed by atoms with van der Waals surface area (Å²) < 4.78 is 27.3. The van der Waals surface area contributed by atoms with E-state index in [2.05, 4.69) is 31.1 Å². The van der Waals surface area contributed by atoms with Crippen molar-refractivity contribution in [2.24, 2.45) is 0 Å². The molecule has 0 spiro atoms. The first-order valence-electron chi connectivity index (χ1n) is 6.41. The van der Waals surface area contributed by atoms with Crippen molar-refractivity contribution >= 4 is 11.3 Å². The molecule has 1 atom stereocenters. The molecule has 2 nitrogen and oxygen atoms in total. The summed E-state index contributed by atoms with van der Waals surface area (Å²) in [6, 6.07) is 3.77. The molecule has 5 heteroatoms. The third-order valence-corrected chi connectivity index (χ3v) is 4.03. The van der Waals surface area contributed by atoms with Crippen molar-refractivity contribution in [3.05, 3.63) is 51.5 Å². The number of benzene rings is 1. The van der Waals surface area contributed by atoms with Gasteiger partial charge in [-0.25, -0.2) is 13.8 Å². The van der Waals surface area contributed by atoms with Crippen molar-refractivity contribution < 1.29 is 8.78 Å². The van der Waals surface area contributed by atoms with E-state index in [-0.39, 0.29) is 11.0 Å². The summed E-state index contributed by atoms with van der Waals surface area (Å²) in [4.78, 5) is 4.57. The second-order valence-corrected chi connectivity index (χ2v) is 6.58. The Labute approximate surface area is 121 Å². The lowest BCUT2D eigenvalue weighted by Crippen LogP contribution is -2.20. The Balaban J connectivity index is 2.43. The monoisotopic (exact) mass is 296 g/mol. The molecule has 1 heterocycles. The molecule has 0 amide bonds. The summed E-state index contributed by atoms with van der Waals surface area (Å²) in [5.74, 6) is -1.66. The lowest BCUT2D eigenvalue weighted by Gasteiger charge is -2.17. The van der Waals surface area contributed by atoms with Crippen molar-refractivity contribution in [2.75, 3.05) is 7.05 Å². The molecule has 20 heavy (non-hydrogen) atoms. The molecule has 1 aromatic heterocycles. The van der Waals surface area contributed by atoms with E-state index in [1.165, 1.54) is 17.4 Å². The molecule has 0 aliphatic heterocycles. The summed E-state index contributed by atoms with van der Waals surface area (Å²) in [7, 11) is 1.72. The van der Waals surface area contributed by atoms with E-state index in [9.17, 15) is 8.78 Å². The normalized spacial score (nSPS) is 13.5. The Morgan fingerprint density at radius 2 is 1.95 bits per heavy atom. The highest BCUT2D eigenvalue weighted by Crippen LogP contribution is 2.31. The molecule has 0 saturated heterocycles. The highest BCUT2D eigenvalue weighted by molar-refractivity contribution is 7.09. The Morgan fingerprint density at radius 1 is 1.25 bits per heavy atom. The Kier molecular flexibility index (Phi) is 4.20. The van der Waals surface area contributed by atoms with Crippen molar-refractivity contribution in [2.45, 2.75) is 32.2 Å². The minimum absolute atomic E-state index is 0.0620. The molecule has 0 aliphatic rings. The number of thiazole rings is 1. The summed E-state index contributed by atoms with van der Waals surface area (Å²) in [5.41, 5.74) is 1.17. The fraction of sp³-hybridized carbons (Fsp3) is 0.400. The largest absolute Gasteiger partial charge is 0.307 e. The smallest absolute Gasteiger partial charge is 0.164 e. The van der Waals surface area contributed by atoms with Crippen LogP contribution in [0.2, 0.25) is 0 Å². The van der Waals surface area contributed by atoms with E-state index in [4.69, 9.17) is 0 Å². The number of aromatic nitrogens is 1. The quantitative estimate of drug-likeness (QED) is 0.925. The van der Waals surface area contributed by atoms with Gasteiger partial charge >= 0.3 is 0 Å². The van der Waals surface area contributed by atoms with Crippen LogP contribution in [0.3, 0.4) is 0 Å². The number of nitrogens with one attached hydrogen (secondary N) is 1. The third kappa shape index (κ3) is 2.88. The SMILES string of the molecule is CNC(c1nc(C(C)(C)C)cs1)c1cccc(F)c1F. The van der Waals surface area contributed by atoms with Gasteiger partial charge in [-0.15, -0.1) is 11.3 Å². The first-order chi connectivity index (χ1) is 9.34. The van der Waals surface area contributed by atoms with Crippen molar-refractivity contribution in [3.8, 4) is 0 Å². The fourth-order valence-electron chi connectivity index (χ4n) is 1.92. The molecule has 108 valence electrons. The maximum absolute atomic E-state index is 13.9. The topological polar surface area (TPSA) is 24.9 Å². The lowest BCUT2D eigenvalue weighted by molar-refractivity contribution is 0.486. The average Bonchev–Trinajstić information content (AvgIpc) is 2.85. The molecular formula is C15H18F2N2S. The second-order valence-electron chi connectivity index (χ2n) is 5.69. The van der Waals surface area contributed by atoms with Crippen LogP contribution in [0.1, 0.15) is 43.1 Å². The predicted molar refractivity (Wildman–Crippen MR) is 78.1 cm³/mol. The molecule has 2 rings (SSSR count). The highest BCUT2D eigenvalue weighted by atomic mass is 32.1. The van der Waals surface area contributed by atoms with Crippen LogP contribution in [-0.2, 0) is 5.41 Å². The molecule has 0 bridgehead atoms. The van der Waals surface area contributed by atoms with E-state index < -0.39 is 17.7 Å². The summed E-state index contributed by atoms with van der Waals surface area (Å²) in [6.07, 6.45) is 0. The molecule has 1 N–H and O–H groups in total.